The van der Waals surface area contributed by atoms with Crippen molar-refractivity contribution in [1.29, 1.82) is 0 Å². The molecule has 0 amide bonds. The maximum atomic E-state index is 11.7. The number of benzene rings is 2. The van der Waals surface area contributed by atoms with E-state index in [1.165, 1.54) is 0 Å². The molecule has 0 N–H and O–H groups in total. The number of pyridine rings is 1. The van der Waals surface area contributed by atoms with Crippen molar-refractivity contribution in [3.63, 3.8) is 0 Å². The fourth-order valence-electron chi connectivity index (χ4n) is 2.14. The summed E-state index contributed by atoms with van der Waals surface area (Å²) >= 11 is 15.3. The highest BCUT2D eigenvalue weighted by molar-refractivity contribution is 9.10. The predicted octanol–water partition coefficient (Wildman–Crippen LogP) is 5.70. The summed E-state index contributed by atoms with van der Waals surface area (Å²) in [5, 5.41) is 0.622. The van der Waals surface area contributed by atoms with Crippen LogP contribution >= 0.6 is 39.1 Å². The van der Waals surface area contributed by atoms with Gasteiger partial charge in [-0.2, -0.15) is 0 Å². The molecule has 2 nitrogen and oxygen atoms in total. The van der Waals surface area contributed by atoms with Gasteiger partial charge >= 0.3 is 0 Å². The second-order valence-electron chi connectivity index (χ2n) is 4.47. The lowest BCUT2D eigenvalue weighted by molar-refractivity contribution is 0.108. The number of para-hydroxylation sites is 1. The van der Waals surface area contributed by atoms with Crippen LogP contribution in [0.1, 0.15) is 10.4 Å². The first-order valence-corrected chi connectivity index (χ1v) is 7.66. The van der Waals surface area contributed by atoms with Crippen LogP contribution in [0.2, 0.25) is 5.02 Å². The number of nitrogens with zero attached hydrogens (tertiary/aromatic N) is 1. The summed E-state index contributed by atoms with van der Waals surface area (Å²) in [6.45, 7) is 0. The SMILES string of the molecule is O=C(Cl)c1cc(-c2ccc(Br)cc2)nc2c(Cl)cccc12. The van der Waals surface area contributed by atoms with Gasteiger partial charge in [-0.05, 0) is 35.9 Å². The molecule has 3 rings (SSSR count). The minimum Gasteiger partial charge on any atom is -0.276 e. The average molecular weight is 381 g/mol. The van der Waals surface area contributed by atoms with E-state index in [4.69, 9.17) is 23.2 Å². The van der Waals surface area contributed by atoms with Gasteiger partial charge in [-0.1, -0.05) is 51.8 Å². The van der Waals surface area contributed by atoms with Gasteiger partial charge in [0.05, 0.1) is 16.2 Å². The average Bonchev–Trinajstić information content (AvgIpc) is 2.47. The van der Waals surface area contributed by atoms with E-state index in [0.717, 1.165) is 10.0 Å². The van der Waals surface area contributed by atoms with Crippen molar-refractivity contribution in [2.24, 2.45) is 0 Å². The number of aromatic nitrogens is 1. The Kier molecular flexibility index (Phi) is 3.98. The molecular weight excluding hydrogens is 373 g/mol. The number of hydrogen-bond donors (Lipinski definition) is 0. The standard InChI is InChI=1S/C16H8BrCl2NO/c17-10-6-4-9(5-7-10)14-8-12(16(19)21)11-2-1-3-13(18)15(11)20-14/h1-8H. The predicted molar refractivity (Wildman–Crippen MR) is 90.1 cm³/mol. The van der Waals surface area contributed by atoms with Gasteiger partial charge in [0.1, 0.15) is 0 Å². The van der Waals surface area contributed by atoms with E-state index in [1.54, 1.807) is 24.3 Å². The summed E-state index contributed by atoms with van der Waals surface area (Å²) in [4.78, 5) is 16.3. The monoisotopic (exact) mass is 379 g/mol. The first-order valence-electron chi connectivity index (χ1n) is 6.11. The third kappa shape index (κ3) is 2.82. The highest BCUT2D eigenvalue weighted by atomic mass is 79.9. The summed E-state index contributed by atoms with van der Waals surface area (Å²) in [5.74, 6) is 0. The molecule has 0 bridgehead atoms. The summed E-state index contributed by atoms with van der Waals surface area (Å²) < 4.78 is 0.971. The van der Waals surface area contributed by atoms with E-state index in [9.17, 15) is 4.79 Å². The number of fused-ring (bicyclic) bond motifs is 1. The van der Waals surface area contributed by atoms with Crippen LogP contribution in [-0.2, 0) is 0 Å². The summed E-state index contributed by atoms with van der Waals surface area (Å²) in [7, 11) is 0. The van der Waals surface area contributed by atoms with Crippen molar-refractivity contribution in [2.75, 3.05) is 0 Å². The molecule has 0 aliphatic heterocycles. The lowest BCUT2D eigenvalue weighted by Crippen LogP contribution is -1.96. The highest BCUT2D eigenvalue weighted by Crippen LogP contribution is 2.30. The molecule has 5 heteroatoms. The quantitative estimate of drug-likeness (QED) is 0.534. The molecule has 0 aliphatic carbocycles. The molecule has 3 aromatic rings. The molecule has 0 unspecified atom stereocenters. The molecule has 0 atom stereocenters. The molecule has 0 fully saturated rings. The van der Waals surface area contributed by atoms with Crippen LogP contribution < -0.4 is 0 Å². The van der Waals surface area contributed by atoms with Crippen LogP contribution in [0.3, 0.4) is 0 Å². The van der Waals surface area contributed by atoms with E-state index in [1.807, 2.05) is 24.3 Å². The largest absolute Gasteiger partial charge is 0.276 e. The smallest absolute Gasteiger partial charge is 0.253 e. The first-order chi connectivity index (χ1) is 10.1. The van der Waals surface area contributed by atoms with Gasteiger partial charge in [0, 0.05) is 21.0 Å². The molecule has 0 radical (unpaired) electrons. The Bertz CT molecular complexity index is 847. The van der Waals surface area contributed by atoms with E-state index < -0.39 is 5.24 Å². The maximum absolute atomic E-state index is 11.7. The number of hydrogen-bond acceptors (Lipinski definition) is 2. The van der Waals surface area contributed by atoms with Crippen LogP contribution in [0.4, 0.5) is 0 Å². The van der Waals surface area contributed by atoms with Gasteiger partial charge in [-0.15, -0.1) is 0 Å². The Hall–Kier alpha value is -1.42. The van der Waals surface area contributed by atoms with Crippen LogP contribution in [-0.4, -0.2) is 10.2 Å². The second-order valence-corrected chi connectivity index (χ2v) is 6.14. The Morgan fingerprint density at radius 3 is 2.48 bits per heavy atom. The lowest BCUT2D eigenvalue weighted by Gasteiger charge is -2.08. The van der Waals surface area contributed by atoms with Crippen LogP contribution in [0.5, 0.6) is 0 Å². The molecular formula is C16H8BrCl2NO. The number of carbonyl (C=O) groups is 1. The first kappa shape index (κ1) is 14.5. The van der Waals surface area contributed by atoms with Gasteiger partial charge in [0.2, 0.25) is 0 Å². The number of carbonyl (C=O) groups excluding carboxylic acids is 1. The van der Waals surface area contributed by atoms with E-state index in [0.29, 0.717) is 27.2 Å². The minimum absolute atomic E-state index is 0.405. The molecule has 0 saturated heterocycles. The highest BCUT2D eigenvalue weighted by Gasteiger charge is 2.13. The molecule has 1 aromatic heterocycles. The fraction of sp³-hybridized carbons (Fsp3) is 0. The maximum Gasteiger partial charge on any atom is 0.253 e. The summed E-state index contributed by atoms with van der Waals surface area (Å²) in [6, 6.07) is 14.6. The molecule has 0 aliphatic rings. The van der Waals surface area contributed by atoms with Crippen molar-refractivity contribution >= 4 is 55.3 Å². The number of rotatable bonds is 2. The summed E-state index contributed by atoms with van der Waals surface area (Å²) in [5.41, 5.74) is 2.52. The topological polar surface area (TPSA) is 30.0 Å². The molecule has 0 saturated carbocycles. The molecule has 1 heterocycles. The van der Waals surface area contributed by atoms with Crippen molar-refractivity contribution in [3.8, 4) is 11.3 Å². The molecule has 104 valence electrons. The van der Waals surface area contributed by atoms with Gasteiger partial charge in [0.15, 0.2) is 0 Å². The van der Waals surface area contributed by atoms with Crippen LogP contribution in [0, 0.1) is 0 Å². The minimum atomic E-state index is -0.525. The lowest BCUT2D eigenvalue weighted by atomic mass is 10.0. The van der Waals surface area contributed by atoms with E-state index in [2.05, 4.69) is 20.9 Å². The van der Waals surface area contributed by atoms with Crippen molar-refractivity contribution in [2.45, 2.75) is 0 Å². The van der Waals surface area contributed by atoms with Crippen LogP contribution in [0.25, 0.3) is 22.2 Å². The molecule has 0 spiro atoms. The van der Waals surface area contributed by atoms with Gasteiger partial charge < -0.3 is 0 Å². The third-order valence-corrected chi connectivity index (χ3v) is 4.18. The van der Waals surface area contributed by atoms with Crippen molar-refractivity contribution in [3.05, 3.63) is 63.6 Å². The molecule has 2 aromatic carbocycles. The third-order valence-electron chi connectivity index (χ3n) is 3.14. The zero-order valence-corrected chi connectivity index (χ0v) is 13.7. The van der Waals surface area contributed by atoms with Crippen LogP contribution in [0.15, 0.2) is 53.0 Å². The zero-order valence-electron chi connectivity index (χ0n) is 10.6. The normalized spacial score (nSPS) is 10.8. The Morgan fingerprint density at radius 2 is 1.81 bits per heavy atom. The van der Waals surface area contributed by atoms with Crippen molar-refractivity contribution in [1.82, 2.24) is 4.98 Å². The zero-order chi connectivity index (χ0) is 15.0. The van der Waals surface area contributed by atoms with E-state index in [-0.39, 0.29) is 0 Å². The van der Waals surface area contributed by atoms with Gasteiger partial charge in [-0.25, -0.2) is 4.98 Å². The molecule has 21 heavy (non-hydrogen) atoms. The van der Waals surface area contributed by atoms with Gasteiger partial charge in [0.25, 0.3) is 5.24 Å². The Balaban J connectivity index is 2.32. The van der Waals surface area contributed by atoms with Gasteiger partial charge in [-0.3, -0.25) is 4.79 Å². The second kappa shape index (κ2) is 5.76. The Labute approximate surface area is 139 Å². The van der Waals surface area contributed by atoms with E-state index >= 15 is 0 Å². The number of halogens is 3. The Morgan fingerprint density at radius 1 is 1.10 bits per heavy atom. The summed E-state index contributed by atoms with van der Waals surface area (Å²) in [6.07, 6.45) is 0. The van der Waals surface area contributed by atoms with Crippen molar-refractivity contribution < 1.29 is 4.79 Å². The fourth-order valence-corrected chi connectivity index (χ4v) is 2.78.